The summed E-state index contributed by atoms with van der Waals surface area (Å²) < 4.78 is 33.7. The molecule has 0 bridgehead atoms. The Kier molecular flexibility index (Phi) is 10.5. The van der Waals surface area contributed by atoms with Crippen molar-refractivity contribution in [3.8, 4) is 5.75 Å². The predicted octanol–water partition coefficient (Wildman–Crippen LogP) is 2.17. The SMILES string of the molecule is COc1ccc(S(=O)(=O)N(CC(O)C(Cc2ccccc2)NC=O)CC(C)(C)CCCN)cc1. The fourth-order valence-electron chi connectivity index (χ4n) is 3.88. The number of hydrogen-bond donors (Lipinski definition) is 3. The average molecular weight is 492 g/mol. The molecule has 0 aliphatic rings. The second-order valence-electron chi connectivity index (χ2n) is 9.18. The Hall–Kier alpha value is -2.46. The molecule has 2 atom stereocenters. The molecule has 0 heterocycles. The Balaban J connectivity index is 2.33. The van der Waals surface area contributed by atoms with E-state index in [0.29, 0.717) is 25.1 Å². The largest absolute Gasteiger partial charge is 0.497 e. The number of methoxy groups -OCH3 is 1. The molecule has 188 valence electrons. The molecular formula is C25H37N3O5S. The fourth-order valence-corrected chi connectivity index (χ4v) is 5.53. The summed E-state index contributed by atoms with van der Waals surface area (Å²) in [7, 11) is -2.42. The van der Waals surface area contributed by atoms with Gasteiger partial charge >= 0.3 is 0 Å². The van der Waals surface area contributed by atoms with Crippen LogP contribution in [-0.4, -0.2) is 63.1 Å². The highest BCUT2D eigenvalue weighted by Gasteiger charge is 2.34. The number of carbonyl (C=O) groups is 1. The molecule has 0 aliphatic carbocycles. The third-order valence-corrected chi connectivity index (χ3v) is 7.62. The molecule has 2 aromatic rings. The summed E-state index contributed by atoms with van der Waals surface area (Å²) in [6.45, 7) is 4.50. The van der Waals surface area contributed by atoms with Crippen LogP contribution in [0.15, 0.2) is 59.5 Å². The summed E-state index contributed by atoms with van der Waals surface area (Å²) in [6, 6.07) is 14.9. The molecule has 9 heteroatoms. The van der Waals surface area contributed by atoms with E-state index in [9.17, 15) is 18.3 Å². The van der Waals surface area contributed by atoms with Crippen LogP contribution in [0.4, 0.5) is 0 Å². The molecule has 0 aliphatic heterocycles. The van der Waals surface area contributed by atoms with Gasteiger partial charge in [0.05, 0.1) is 24.2 Å². The molecule has 0 fully saturated rings. The summed E-state index contributed by atoms with van der Waals surface area (Å²) in [6.07, 6.45) is 1.27. The van der Waals surface area contributed by atoms with Crippen molar-refractivity contribution in [1.29, 1.82) is 0 Å². The summed E-state index contributed by atoms with van der Waals surface area (Å²) in [5.41, 5.74) is 6.23. The van der Waals surface area contributed by atoms with Crippen LogP contribution in [0, 0.1) is 5.41 Å². The third kappa shape index (κ3) is 8.09. The maximum Gasteiger partial charge on any atom is 0.243 e. The van der Waals surface area contributed by atoms with Crippen molar-refractivity contribution in [2.45, 2.75) is 50.2 Å². The van der Waals surface area contributed by atoms with E-state index in [4.69, 9.17) is 10.5 Å². The number of aliphatic hydroxyl groups is 1. The minimum atomic E-state index is -3.93. The highest BCUT2D eigenvalue weighted by atomic mass is 32.2. The maximum atomic E-state index is 13.6. The van der Waals surface area contributed by atoms with Crippen molar-refractivity contribution < 1.29 is 23.1 Å². The number of ether oxygens (including phenoxy) is 1. The van der Waals surface area contributed by atoms with E-state index < -0.39 is 22.2 Å². The van der Waals surface area contributed by atoms with Gasteiger partial charge in [0.2, 0.25) is 16.4 Å². The number of nitrogens with zero attached hydrogens (tertiary/aromatic N) is 1. The molecule has 2 unspecified atom stereocenters. The molecule has 0 aromatic heterocycles. The zero-order chi connectivity index (χ0) is 25.2. The van der Waals surface area contributed by atoms with E-state index in [2.05, 4.69) is 5.32 Å². The van der Waals surface area contributed by atoms with Crippen molar-refractivity contribution in [1.82, 2.24) is 9.62 Å². The van der Waals surface area contributed by atoms with Crippen LogP contribution in [0.1, 0.15) is 32.3 Å². The van der Waals surface area contributed by atoms with Gasteiger partial charge < -0.3 is 20.9 Å². The number of hydrogen-bond acceptors (Lipinski definition) is 6. The van der Waals surface area contributed by atoms with Gasteiger partial charge in [-0.25, -0.2) is 8.42 Å². The highest BCUT2D eigenvalue weighted by molar-refractivity contribution is 7.89. The van der Waals surface area contributed by atoms with Crippen molar-refractivity contribution in [2.24, 2.45) is 11.1 Å². The van der Waals surface area contributed by atoms with E-state index in [1.165, 1.54) is 23.5 Å². The number of nitrogens with one attached hydrogen (secondary N) is 1. The van der Waals surface area contributed by atoms with E-state index in [-0.39, 0.29) is 23.4 Å². The van der Waals surface area contributed by atoms with E-state index in [1.54, 1.807) is 12.1 Å². The normalized spacial score (nSPS) is 13.9. The monoisotopic (exact) mass is 491 g/mol. The first-order chi connectivity index (χ1) is 16.1. The Morgan fingerprint density at radius 1 is 1.15 bits per heavy atom. The van der Waals surface area contributed by atoms with Gasteiger partial charge in [-0.3, -0.25) is 4.79 Å². The van der Waals surface area contributed by atoms with Crippen molar-refractivity contribution in [3.63, 3.8) is 0 Å². The fraction of sp³-hybridized carbons (Fsp3) is 0.480. The number of carbonyl (C=O) groups excluding carboxylic acids is 1. The van der Waals surface area contributed by atoms with Crippen molar-refractivity contribution >= 4 is 16.4 Å². The first-order valence-corrected chi connectivity index (χ1v) is 12.8. The molecule has 0 spiro atoms. The van der Waals surface area contributed by atoms with Gasteiger partial charge in [0.1, 0.15) is 5.75 Å². The predicted molar refractivity (Wildman–Crippen MR) is 133 cm³/mol. The first-order valence-electron chi connectivity index (χ1n) is 11.4. The lowest BCUT2D eigenvalue weighted by atomic mass is 9.87. The van der Waals surface area contributed by atoms with Gasteiger partial charge in [-0.2, -0.15) is 4.31 Å². The van der Waals surface area contributed by atoms with Gasteiger partial charge in [-0.15, -0.1) is 0 Å². The molecule has 2 rings (SSSR count). The van der Waals surface area contributed by atoms with Gasteiger partial charge in [0.15, 0.2) is 0 Å². The van der Waals surface area contributed by atoms with E-state index in [1.807, 2.05) is 44.2 Å². The number of amides is 1. The summed E-state index contributed by atoms with van der Waals surface area (Å²) in [4.78, 5) is 11.4. The number of nitrogens with two attached hydrogens (primary N) is 1. The lowest BCUT2D eigenvalue weighted by Crippen LogP contribution is -2.50. The smallest absolute Gasteiger partial charge is 0.243 e. The number of rotatable bonds is 15. The average Bonchev–Trinajstić information content (AvgIpc) is 2.82. The zero-order valence-electron chi connectivity index (χ0n) is 20.2. The van der Waals surface area contributed by atoms with Gasteiger partial charge in [0.25, 0.3) is 0 Å². The van der Waals surface area contributed by atoms with Crippen molar-refractivity contribution in [3.05, 3.63) is 60.2 Å². The van der Waals surface area contributed by atoms with Crippen LogP contribution in [0.2, 0.25) is 0 Å². The molecule has 0 saturated heterocycles. The number of aliphatic hydroxyl groups excluding tert-OH is 1. The first kappa shape index (κ1) is 27.8. The van der Waals surface area contributed by atoms with E-state index >= 15 is 0 Å². The maximum absolute atomic E-state index is 13.6. The van der Waals surface area contributed by atoms with Gasteiger partial charge in [0, 0.05) is 13.1 Å². The van der Waals surface area contributed by atoms with Gasteiger partial charge in [-0.1, -0.05) is 44.2 Å². The van der Waals surface area contributed by atoms with Crippen LogP contribution >= 0.6 is 0 Å². The van der Waals surface area contributed by atoms with Crippen LogP contribution in [-0.2, 0) is 21.2 Å². The Labute approximate surface area is 203 Å². The minimum absolute atomic E-state index is 0.109. The Morgan fingerprint density at radius 2 is 1.79 bits per heavy atom. The van der Waals surface area contributed by atoms with Gasteiger partial charge in [-0.05, 0) is 61.1 Å². The summed E-state index contributed by atoms with van der Waals surface area (Å²) >= 11 is 0. The molecule has 0 saturated carbocycles. The topological polar surface area (TPSA) is 122 Å². The highest BCUT2D eigenvalue weighted by Crippen LogP contribution is 2.28. The molecule has 1 amide bonds. The molecule has 0 radical (unpaired) electrons. The lowest BCUT2D eigenvalue weighted by Gasteiger charge is -2.35. The molecule has 4 N–H and O–H groups in total. The summed E-state index contributed by atoms with van der Waals surface area (Å²) in [5.74, 6) is 0.548. The minimum Gasteiger partial charge on any atom is -0.497 e. The lowest BCUT2D eigenvalue weighted by molar-refractivity contribution is -0.111. The Bertz CT molecular complexity index is 981. The standard InChI is InChI=1S/C25H37N3O5S/c1-25(2,14-7-15-26)18-28(34(31,32)22-12-10-21(33-3)11-13-22)17-24(30)23(27-19-29)16-20-8-5-4-6-9-20/h4-6,8-13,19,23-24,30H,7,14-18,26H2,1-3H3,(H,27,29). The molecule has 34 heavy (non-hydrogen) atoms. The zero-order valence-corrected chi connectivity index (χ0v) is 21.0. The number of benzene rings is 2. The van der Waals surface area contributed by atoms with Crippen LogP contribution in [0.5, 0.6) is 5.75 Å². The quantitative estimate of drug-likeness (QED) is 0.328. The molecular weight excluding hydrogens is 454 g/mol. The Morgan fingerprint density at radius 3 is 2.35 bits per heavy atom. The van der Waals surface area contributed by atoms with Crippen LogP contribution in [0.25, 0.3) is 0 Å². The number of sulfonamides is 1. The van der Waals surface area contributed by atoms with Crippen LogP contribution in [0.3, 0.4) is 0 Å². The van der Waals surface area contributed by atoms with Crippen molar-refractivity contribution in [2.75, 3.05) is 26.7 Å². The van der Waals surface area contributed by atoms with E-state index in [0.717, 1.165) is 18.4 Å². The summed E-state index contributed by atoms with van der Waals surface area (Å²) in [5, 5.41) is 13.7. The third-order valence-electron chi connectivity index (χ3n) is 5.79. The molecule has 8 nitrogen and oxygen atoms in total. The van der Waals surface area contributed by atoms with Crippen LogP contribution < -0.4 is 15.8 Å². The second-order valence-corrected chi connectivity index (χ2v) is 11.1. The second kappa shape index (κ2) is 12.9. The molecule has 2 aromatic carbocycles.